The molecule has 2 nitrogen and oxygen atoms in total. The zero-order valence-electron chi connectivity index (χ0n) is 9.69. The lowest BCUT2D eigenvalue weighted by molar-refractivity contribution is 0.0294. The van der Waals surface area contributed by atoms with Gasteiger partial charge in [0.1, 0.15) is 5.72 Å². The second-order valence-electron chi connectivity index (χ2n) is 4.94. The van der Waals surface area contributed by atoms with E-state index in [-0.39, 0.29) is 0 Å². The van der Waals surface area contributed by atoms with Crippen LogP contribution in [0.25, 0.3) is 0 Å². The van der Waals surface area contributed by atoms with Gasteiger partial charge in [-0.15, -0.1) is 11.3 Å². The second-order valence-corrected chi connectivity index (χ2v) is 5.89. The average molecular weight is 239 g/mol. The molecule has 1 aliphatic carbocycles. The van der Waals surface area contributed by atoms with Gasteiger partial charge >= 0.3 is 0 Å². The highest BCUT2D eigenvalue weighted by atomic mass is 32.1. The van der Waals surface area contributed by atoms with E-state index >= 15 is 0 Å². The molecule has 1 fully saturated rings. The van der Waals surface area contributed by atoms with Gasteiger partial charge in [-0.25, -0.2) is 0 Å². The fourth-order valence-electron chi connectivity index (χ4n) is 2.55. The molecule has 1 saturated carbocycles. The summed E-state index contributed by atoms with van der Waals surface area (Å²) in [6.07, 6.45) is 8.48. The molecule has 16 heavy (non-hydrogen) atoms. The van der Waals surface area contributed by atoms with Crippen LogP contribution in [0.15, 0.2) is 17.5 Å². The minimum absolute atomic E-state index is 0.693. The van der Waals surface area contributed by atoms with Gasteiger partial charge in [0.25, 0.3) is 0 Å². The summed E-state index contributed by atoms with van der Waals surface area (Å²) in [5.74, 6) is 0.781. The summed E-state index contributed by atoms with van der Waals surface area (Å²) < 4.78 is 0. The fraction of sp³-hybridized carbons (Fsp3) is 0.692. The third-order valence-corrected chi connectivity index (χ3v) is 4.64. The molecule has 1 aromatic heterocycles. The predicted octanol–water partition coefficient (Wildman–Crippen LogP) is 3.21. The van der Waals surface area contributed by atoms with Crippen LogP contribution in [0.2, 0.25) is 0 Å². The summed E-state index contributed by atoms with van der Waals surface area (Å²) in [6.45, 7) is 0. The lowest BCUT2D eigenvalue weighted by Gasteiger charge is -2.27. The summed E-state index contributed by atoms with van der Waals surface area (Å²) >= 11 is 1.54. The first kappa shape index (κ1) is 12.1. The van der Waals surface area contributed by atoms with Gasteiger partial charge < -0.3 is 5.11 Å². The number of aliphatic hydroxyl groups is 1. The van der Waals surface area contributed by atoms with E-state index in [2.05, 4.69) is 0 Å². The van der Waals surface area contributed by atoms with Crippen LogP contribution in [-0.4, -0.2) is 5.11 Å². The Morgan fingerprint density at radius 2 is 2.12 bits per heavy atom. The first-order chi connectivity index (χ1) is 7.68. The molecule has 0 unspecified atom stereocenters. The van der Waals surface area contributed by atoms with Crippen molar-refractivity contribution in [2.24, 2.45) is 11.7 Å². The lowest BCUT2D eigenvalue weighted by atomic mass is 9.84. The first-order valence-electron chi connectivity index (χ1n) is 6.24. The van der Waals surface area contributed by atoms with E-state index in [0.29, 0.717) is 6.42 Å². The molecule has 0 saturated heterocycles. The van der Waals surface area contributed by atoms with Gasteiger partial charge in [0, 0.05) is 0 Å². The van der Waals surface area contributed by atoms with Crippen LogP contribution in [0.4, 0.5) is 0 Å². The summed E-state index contributed by atoms with van der Waals surface area (Å²) in [5.41, 5.74) is 4.86. The molecule has 0 radical (unpaired) electrons. The van der Waals surface area contributed by atoms with Gasteiger partial charge in [-0.3, -0.25) is 5.73 Å². The Hall–Kier alpha value is -0.380. The highest BCUT2D eigenvalue weighted by molar-refractivity contribution is 7.10. The van der Waals surface area contributed by atoms with Crippen molar-refractivity contribution in [3.8, 4) is 0 Å². The van der Waals surface area contributed by atoms with Crippen molar-refractivity contribution in [2.45, 2.75) is 50.7 Å². The zero-order valence-corrected chi connectivity index (χ0v) is 10.5. The molecule has 0 bridgehead atoms. The van der Waals surface area contributed by atoms with Crippen molar-refractivity contribution in [2.75, 3.05) is 0 Å². The van der Waals surface area contributed by atoms with Crippen LogP contribution in [0, 0.1) is 5.92 Å². The van der Waals surface area contributed by atoms with Crippen LogP contribution in [0.3, 0.4) is 0 Å². The van der Waals surface area contributed by atoms with E-state index in [0.717, 1.165) is 17.2 Å². The number of thiophene rings is 1. The second kappa shape index (κ2) is 5.30. The quantitative estimate of drug-likeness (QED) is 0.793. The Morgan fingerprint density at radius 3 is 2.75 bits per heavy atom. The molecule has 1 aromatic rings. The van der Waals surface area contributed by atoms with Crippen LogP contribution in [0.1, 0.15) is 49.8 Å². The predicted molar refractivity (Wildman–Crippen MR) is 68.2 cm³/mol. The van der Waals surface area contributed by atoms with Crippen LogP contribution >= 0.6 is 11.3 Å². The molecule has 3 N–H and O–H groups in total. The topological polar surface area (TPSA) is 46.2 Å². The third kappa shape index (κ3) is 3.06. The van der Waals surface area contributed by atoms with Crippen molar-refractivity contribution in [1.82, 2.24) is 0 Å². The van der Waals surface area contributed by atoms with Crippen molar-refractivity contribution in [1.29, 1.82) is 0 Å². The van der Waals surface area contributed by atoms with E-state index in [1.54, 1.807) is 11.3 Å². The molecule has 0 aromatic carbocycles. The van der Waals surface area contributed by atoms with E-state index < -0.39 is 5.72 Å². The zero-order chi connectivity index (χ0) is 11.4. The maximum absolute atomic E-state index is 10.2. The molecule has 0 spiro atoms. The Balaban J connectivity index is 1.84. The molecular formula is C13H21NOS. The van der Waals surface area contributed by atoms with Crippen molar-refractivity contribution >= 4 is 11.3 Å². The SMILES string of the molecule is N[C@@](O)(CCC1CCCCC1)c1cccs1. The highest BCUT2D eigenvalue weighted by Gasteiger charge is 2.26. The minimum Gasteiger partial charge on any atom is -0.371 e. The Labute approximate surface area is 101 Å². The van der Waals surface area contributed by atoms with Crippen molar-refractivity contribution in [3.05, 3.63) is 22.4 Å². The van der Waals surface area contributed by atoms with Crippen LogP contribution in [0.5, 0.6) is 0 Å². The highest BCUT2D eigenvalue weighted by Crippen LogP contribution is 2.32. The lowest BCUT2D eigenvalue weighted by Crippen LogP contribution is -2.36. The molecule has 0 aliphatic heterocycles. The van der Waals surface area contributed by atoms with Gasteiger partial charge in [0.05, 0.1) is 4.88 Å². The average Bonchev–Trinajstić information content (AvgIpc) is 2.82. The van der Waals surface area contributed by atoms with Crippen molar-refractivity contribution < 1.29 is 5.11 Å². The van der Waals surface area contributed by atoms with Gasteiger partial charge in [-0.05, 0) is 30.2 Å². The van der Waals surface area contributed by atoms with Crippen LogP contribution in [-0.2, 0) is 5.72 Å². The normalized spacial score (nSPS) is 21.9. The van der Waals surface area contributed by atoms with E-state index in [1.807, 2.05) is 17.5 Å². The number of rotatable bonds is 4. The third-order valence-electron chi connectivity index (χ3n) is 3.61. The fourth-order valence-corrected chi connectivity index (χ4v) is 3.32. The summed E-state index contributed by atoms with van der Waals surface area (Å²) in [6, 6.07) is 3.87. The van der Waals surface area contributed by atoms with Crippen LogP contribution < -0.4 is 5.73 Å². The Kier molecular flexibility index (Phi) is 4.00. The van der Waals surface area contributed by atoms with E-state index in [1.165, 1.54) is 32.1 Å². The Bertz CT molecular complexity index is 302. The molecule has 1 atom stereocenters. The summed E-state index contributed by atoms with van der Waals surface area (Å²) in [7, 11) is 0. The monoisotopic (exact) mass is 239 g/mol. The maximum atomic E-state index is 10.2. The number of hydrogen-bond acceptors (Lipinski definition) is 3. The summed E-state index contributed by atoms with van der Waals surface area (Å²) in [4.78, 5) is 0.892. The standard InChI is InChI=1S/C13H21NOS/c14-13(15,12-7-4-10-16-12)9-8-11-5-2-1-3-6-11/h4,7,10-11,15H,1-3,5-6,8-9,14H2/t13-/m1/s1. The maximum Gasteiger partial charge on any atom is 0.148 e. The summed E-state index contributed by atoms with van der Waals surface area (Å²) in [5, 5.41) is 12.2. The van der Waals surface area contributed by atoms with Gasteiger partial charge in [-0.2, -0.15) is 0 Å². The van der Waals surface area contributed by atoms with E-state index in [4.69, 9.17) is 5.73 Å². The largest absolute Gasteiger partial charge is 0.371 e. The minimum atomic E-state index is -1.11. The smallest absolute Gasteiger partial charge is 0.148 e. The molecular weight excluding hydrogens is 218 g/mol. The van der Waals surface area contributed by atoms with E-state index in [9.17, 15) is 5.11 Å². The number of hydrogen-bond donors (Lipinski definition) is 2. The molecule has 2 rings (SSSR count). The van der Waals surface area contributed by atoms with Gasteiger partial charge in [0.15, 0.2) is 0 Å². The molecule has 1 heterocycles. The van der Waals surface area contributed by atoms with Crippen molar-refractivity contribution in [3.63, 3.8) is 0 Å². The first-order valence-corrected chi connectivity index (χ1v) is 7.12. The molecule has 90 valence electrons. The molecule has 0 amide bonds. The van der Waals surface area contributed by atoms with Gasteiger partial charge in [-0.1, -0.05) is 38.2 Å². The molecule has 3 heteroatoms. The molecule has 1 aliphatic rings. The number of nitrogens with two attached hydrogens (primary N) is 1. The Morgan fingerprint density at radius 1 is 1.38 bits per heavy atom. The van der Waals surface area contributed by atoms with Gasteiger partial charge in [0.2, 0.25) is 0 Å².